The first-order valence-corrected chi connectivity index (χ1v) is 7.18. The summed E-state index contributed by atoms with van der Waals surface area (Å²) in [5.74, 6) is 0.838. The van der Waals surface area contributed by atoms with Gasteiger partial charge in [0.05, 0.1) is 6.04 Å². The van der Waals surface area contributed by atoms with E-state index in [-0.39, 0.29) is 11.9 Å². The van der Waals surface area contributed by atoms with Gasteiger partial charge in [-0.3, -0.25) is 4.79 Å². The van der Waals surface area contributed by atoms with E-state index in [2.05, 4.69) is 17.6 Å². The van der Waals surface area contributed by atoms with Gasteiger partial charge in [-0.2, -0.15) is 0 Å². The van der Waals surface area contributed by atoms with Gasteiger partial charge in [-0.25, -0.2) is 0 Å². The average molecular weight is 256 g/mol. The van der Waals surface area contributed by atoms with Crippen LogP contribution >= 0.6 is 0 Å². The Balaban J connectivity index is 2.17. The van der Waals surface area contributed by atoms with Crippen molar-refractivity contribution in [3.8, 4) is 0 Å². The second-order valence-corrected chi connectivity index (χ2v) is 5.36. The van der Waals surface area contributed by atoms with Crippen molar-refractivity contribution in [3.63, 3.8) is 0 Å². The zero-order valence-electron chi connectivity index (χ0n) is 12.0. The Morgan fingerprint density at radius 1 is 1.33 bits per heavy atom. The van der Waals surface area contributed by atoms with Gasteiger partial charge >= 0.3 is 0 Å². The number of carbonyl (C=O) groups excluding carboxylic acids is 1. The molecule has 0 aromatic heterocycles. The molecule has 0 heterocycles. The van der Waals surface area contributed by atoms with Crippen LogP contribution in [0, 0.1) is 5.92 Å². The fraction of sp³-hybridized carbons (Fsp3) is 0.929. The third-order valence-electron chi connectivity index (χ3n) is 3.84. The van der Waals surface area contributed by atoms with E-state index in [1.54, 1.807) is 7.11 Å². The summed E-state index contributed by atoms with van der Waals surface area (Å²) in [6, 6.07) is 0.329. The third kappa shape index (κ3) is 5.36. The molecule has 0 aromatic carbocycles. The Bertz CT molecular complexity index is 240. The van der Waals surface area contributed by atoms with Crippen LogP contribution in [0.4, 0.5) is 0 Å². The monoisotopic (exact) mass is 256 g/mol. The Morgan fingerprint density at radius 3 is 2.61 bits per heavy atom. The van der Waals surface area contributed by atoms with Gasteiger partial charge in [-0.1, -0.05) is 12.8 Å². The first-order valence-electron chi connectivity index (χ1n) is 7.18. The van der Waals surface area contributed by atoms with E-state index in [4.69, 9.17) is 4.74 Å². The lowest BCUT2D eigenvalue weighted by molar-refractivity contribution is -0.123. The molecule has 0 radical (unpaired) electrons. The quantitative estimate of drug-likeness (QED) is 0.650. The van der Waals surface area contributed by atoms with E-state index >= 15 is 0 Å². The number of rotatable bonds is 8. The van der Waals surface area contributed by atoms with Gasteiger partial charge in [0, 0.05) is 26.3 Å². The molecule has 1 aliphatic carbocycles. The molecule has 0 aromatic rings. The molecule has 106 valence electrons. The Kier molecular flexibility index (Phi) is 7.28. The van der Waals surface area contributed by atoms with Crippen molar-refractivity contribution < 1.29 is 9.53 Å². The standard InChI is InChI=1S/C14H28N2O2/c1-11(13-7-4-5-8-13)16-12(2)14(17)15-9-6-10-18-3/h11-13,16H,4-10H2,1-3H3,(H,15,17)/t11-,12?/m1/s1. The van der Waals surface area contributed by atoms with E-state index in [0.29, 0.717) is 19.2 Å². The number of hydrogen-bond acceptors (Lipinski definition) is 3. The van der Waals surface area contributed by atoms with E-state index in [0.717, 1.165) is 12.3 Å². The molecular weight excluding hydrogens is 228 g/mol. The molecule has 1 unspecified atom stereocenters. The van der Waals surface area contributed by atoms with Crippen molar-refractivity contribution in [1.82, 2.24) is 10.6 Å². The van der Waals surface area contributed by atoms with Crippen molar-refractivity contribution in [1.29, 1.82) is 0 Å². The van der Waals surface area contributed by atoms with Crippen LogP contribution < -0.4 is 10.6 Å². The molecule has 18 heavy (non-hydrogen) atoms. The van der Waals surface area contributed by atoms with Gasteiger partial charge in [0.1, 0.15) is 0 Å². The fourth-order valence-corrected chi connectivity index (χ4v) is 2.64. The van der Waals surface area contributed by atoms with Crippen LogP contribution in [0.25, 0.3) is 0 Å². The maximum Gasteiger partial charge on any atom is 0.236 e. The lowest BCUT2D eigenvalue weighted by atomic mass is 9.99. The summed E-state index contributed by atoms with van der Waals surface area (Å²) in [6.07, 6.45) is 6.16. The Labute approximate surface area is 111 Å². The largest absolute Gasteiger partial charge is 0.385 e. The molecular formula is C14H28N2O2. The fourth-order valence-electron chi connectivity index (χ4n) is 2.64. The predicted molar refractivity (Wildman–Crippen MR) is 73.5 cm³/mol. The summed E-state index contributed by atoms with van der Waals surface area (Å²) >= 11 is 0. The van der Waals surface area contributed by atoms with E-state index in [1.807, 2.05) is 6.92 Å². The van der Waals surface area contributed by atoms with Crippen LogP contribution in [0.2, 0.25) is 0 Å². The van der Waals surface area contributed by atoms with Gasteiger partial charge in [0.2, 0.25) is 5.91 Å². The van der Waals surface area contributed by atoms with E-state index in [1.165, 1.54) is 25.7 Å². The van der Waals surface area contributed by atoms with Gasteiger partial charge < -0.3 is 15.4 Å². The summed E-state index contributed by atoms with van der Waals surface area (Å²) in [4.78, 5) is 11.8. The number of amides is 1. The third-order valence-corrected chi connectivity index (χ3v) is 3.84. The molecule has 2 N–H and O–H groups in total. The molecule has 2 atom stereocenters. The molecule has 4 nitrogen and oxygen atoms in total. The van der Waals surface area contributed by atoms with Gasteiger partial charge in [0.15, 0.2) is 0 Å². The molecule has 1 aliphatic rings. The van der Waals surface area contributed by atoms with Crippen LogP contribution in [0.5, 0.6) is 0 Å². The first kappa shape index (κ1) is 15.4. The van der Waals surface area contributed by atoms with Crippen molar-refractivity contribution in [2.75, 3.05) is 20.3 Å². The van der Waals surface area contributed by atoms with Crippen molar-refractivity contribution in [2.24, 2.45) is 5.92 Å². The second-order valence-electron chi connectivity index (χ2n) is 5.36. The minimum Gasteiger partial charge on any atom is -0.385 e. The molecule has 1 rings (SSSR count). The lowest BCUT2D eigenvalue weighted by Crippen LogP contribution is -2.47. The number of nitrogens with one attached hydrogen (secondary N) is 2. The molecule has 4 heteroatoms. The van der Waals surface area contributed by atoms with Crippen LogP contribution in [0.1, 0.15) is 46.0 Å². The zero-order valence-corrected chi connectivity index (χ0v) is 12.0. The molecule has 0 saturated heterocycles. The van der Waals surface area contributed by atoms with Crippen molar-refractivity contribution in [3.05, 3.63) is 0 Å². The van der Waals surface area contributed by atoms with Crippen molar-refractivity contribution >= 4 is 5.91 Å². The van der Waals surface area contributed by atoms with Crippen LogP contribution in [0.15, 0.2) is 0 Å². The summed E-state index contributed by atoms with van der Waals surface area (Å²) in [6.45, 7) is 5.53. The normalized spacial score (nSPS) is 19.7. The molecule has 1 amide bonds. The van der Waals surface area contributed by atoms with Gasteiger partial charge in [-0.15, -0.1) is 0 Å². The summed E-state index contributed by atoms with van der Waals surface area (Å²) in [5.41, 5.74) is 0. The first-order chi connectivity index (χ1) is 8.65. The number of ether oxygens (including phenoxy) is 1. The lowest BCUT2D eigenvalue weighted by Gasteiger charge is -2.24. The van der Waals surface area contributed by atoms with Crippen LogP contribution in [0.3, 0.4) is 0 Å². The second kappa shape index (κ2) is 8.48. The maximum atomic E-state index is 11.8. The van der Waals surface area contributed by atoms with Gasteiger partial charge in [-0.05, 0) is 39.0 Å². The van der Waals surface area contributed by atoms with Crippen molar-refractivity contribution in [2.45, 2.75) is 58.0 Å². The molecule has 0 bridgehead atoms. The molecule has 1 saturated carbocycles. The minimum atomic E-state index is -0.108. The number of hydrogen-bond donors (Lipinski definition) is 2. The van der Waals surface area contributed by atoms with Crippen LogP contribution in [-0.2, 0) is 9.53 Å². The number of methoxy groups -OCH3 is 1. The van der Waals surface area contributed by atoms with Crippen LogP contribution in [-0.4, -0.2) is 38.3 Å². The highest BCUT2D eigenvalue weighted by Gasteiger charge is 2.24. The predicted octanol–water partition coefficient (Wildman–Crippen LogP) is 1.70. The Morgan fingerprint density at radius 2 is 2.00 bits per heavy atom. The van der Waals surface area contributed by atoms with E-state index < -0.39 is 0 Å². The highest BCUT2D eigenvalue weighted by molar-refractivity contribution is 5.81. The molecule has 1 fully saturated rings. The van der Waals surface area contributed by atoms with E-state index in [9.17, 15) is 4.79 Å². The highest BCUT2D eigenvalue weighted by atomic mass is 16.5. The summed E-state index contributed by atoms with van der Waals surface area (Å²) in [7, 11) is 1.68. The highest BCUT2D eigenvalue weighted by Crippen LogP contribution is 2.27. The SMILES string of the molecule is COCCCNC(=O)C(C)N[C@H](C)C1CCCC1. The smallest absolute Gasteiger partial charge is 0.236 e. The molecule has 0 spiro atoms. The van der Waals surface area contributed by atoms with Gasteiger partial charge in [0.25, 0.3) is 0 Å². The average Bonchev–Trinajstić information content (AvgIpc) is 2.88. The zero-order chi connectivity index (χ0) is 13.4. The maximum absolute atomic E-state index is 11.8. The number of carbonyl (C=O) groups is 1. The molecule has 0 aliphatic heterocycles. The Hall–Kier alpha value is -0.610. The summed E-state index contributed by atoms with van der Waals surface area (Å²) < 4.78 is 4.95. The summed E-state index contributed by atoms with van der Waals surface area (Å²) in [5, 5.41) is 6.35. The topological polar surface area (TPSA) is 50.4 Å². The minimum absolute atomic E-state index is 0.0935.